The van der Waals surface area contributed by atoms with E-state index >= 15 is 0 Å². The monoisotopic (exact) mass is 497 g/mol. The second kappa shape index (κ2) is 11.6. The molecule has 0 amide bonds. The normalized spacial score (nSPS) is 11.3. The molecule has 182 valence electrons. The van der Waals surface area contributed by atoms with E-state index in [4.69, 9.17) is 4.99 Å². The quantitative estimate of drug-likeness (QED) is 0.0946. The molecule has 0 aromatic heterocycles. The van der Waals surface area contributed by atoms with Gasteiger partial charge in [-0.05, 0) is 55.3 Å². The summed E-state index contributed by atoms with van der Waals surface area (Å²) in [6, 6.07) is 30.0. The number of nitrogens with zero attached hydrogens (tertiary/aromatic N) is 3. The van der Waals surface area contributed by atoms with Crippen molar-refractivity contribution in [3.05, 3.63) is 129 Å². The van der Waals surface area contributed by atoms with E-state index in [0.717, 1.165) is 21.6 Å². The van der Waals surface area contributed by atoms with Crippen LogP contribution < -0.4 is 0 Å². The number of hydrogen-bond donors (Lipinski definition) is 1. The molecule has 0 fully saturated rings. The molecule has 0 radical (unpaired) electrons. The summed E-state index contributed by atoms with van der Waals surface area (Å²) in [7, 11) is 0. The number of benzene rings is 4. The van der Waals surface area contributed by atoms with Crippen LogP contribution >= 0.6 is 11.8 Å². The van der Waals surface area contributed by atoms with Crippen LogP contribution in [0.1, 0.15) is 22.3 Å². The summed E-state index contributed by atoms with van der Waals surface area (Å²) in [6.45, 7) is 5.07. The predicted octanol–water partition coefficient (Wildman–Crippen LogP) is 7.40. The highest BCUT2D eigenvalue weighted by Crippen LogP contribution is 2.32. The van der Waals surface area contributed by atoms with Crippen LogP contribution in [0.5, 0.6) is 5.75 Å². The first-order valence-electron chi connectivity index (χ1n) is 11.5. The minimum absolute atomic E-state index is 0.0486. The molecule has 6 nitrogen and oxygen atoms in total. The van der Waals surface area contributed by atoms with Gasteiger partial charge in [-0.25, -0.2) is 4.99 Å². The maximum absolute atomic E-state index is 11.7. The summed E-state index contributed by atoms with van der Waals surface area (Å²) >= 11 is 1.46. The highest BCUT2D eigenvalue weighted by atomic mass is 32.2. The number of nitro benzene ring substituents is 1. The van der Waals surface area contributed by atoms with Gasteiger partial charge < -0.3 is 10.0 Å². The van der Waals surface area contributed by atoms with Crippen molar-refractivity contribution < 1.29 is 10.0 Å². The van der Waals surface area contributed by atoms with Gasteiger partial charge in [0.15, 0.2) is 5.17 Å². The van der Waals surface area contributed by atoms with Crippen molar-refractivity contribution in [1.29, 1.82) is 0 Å². The molecule has 0 bridgehead atoms. The van der Waals surface area contributed by atoms with Crippen LogP contribution in [0.25, 0.3) is 0 Å². The molecule has 0 aliphatic heterocycles. The lowest BCUT2D eigenvalue weighted by atomic mass is 10.1. The highest BCUT2D eigenvalue weighted by molar-refractivity contribution is 8.13. The van der Waals surface area contributed by atoms with E-state index in [2.05, 4.69) is 35.2 Å². The van der Waals surface area contributed by atoms with Crippen LogP contribution in [0, 0.1) is 24.0 Å². The molecule has 0 saturated carbocycles. The zero-order chi connectivity index (χ0) is 25.5. The third kappa shape index (κ3) is 6.73. The van der Waals surface area contributed by atoms with Crippen molar-refractivity contribution in [1.82, 2.24) is 4.90 Å². The van der Waals surface area contributed by atoms with E-state index in [0.29, 0.717) is 23.9 Å². The van der Waals surface area contributed by atoms with Crippen molar-refractivity contribution in [3.8, 4) is 5.75 Å². The zero-order valence-electron chi connectivity index (χ0n) is 20.2. The number of hydrogen-bond acceptors (Lipinski definition) is 5. The summed E-state index contributed by atoms with van der Waals surface area (Å²) in [5.74, 6) is 0.186. The van der Waals surface area contributed by atoms with Gasteiger partial charge in [-0.1, -0.05) is 83.6 Å². The van der Waals surface area contributed by atoms with Crippen molar-refractivity contribution >= 4 is 28.3 Å². The van der Waals surface area contributed by atoms with Crippen LogP contribution in [-0.2, 0) is 13.1 Å². The van der Waals surface area contributed by atoms with Gasteiger partial charge >= 0.3 is 0 Å². The average molecular weight is 498 g/mol. The molecule has 0 saturated heterocycles. The van der Waals surface area contributed by atoms with E-state index in [1.54, 1.807) is 36.4 Å². The number of amidine groups is 1. The van der Waals surface area contributed by atoms with Crippen molar-refractivity contribution in [2.75, 3.05) is 0 Å². The molecule has 0 heterocycles. The molecule has 0 spiro atoms. The topological polar surface area (TPSA) is 79.0 Å². The van der Waals surface area contributed by atoms with Gasteiger partial charge in [0.2, 0.25) is 0 Å². The van der Waals surface area contributed by atoms with Crippen LogP contribution in [0.3, 0.4) is 0 Å². The van der Waals surface area contributed by atoms with E-state index in [9.17, 15) is 15.2 Å². The first-order valence-corrected chi connectivity index (χ1v) is 12.3. The minimum Gasteiger partial charge on any atom is -0.508 e. The Morgan fingerprint density at radius 2 is 1.58 bits per heavy atom. The largest absolute Gasteiger partial charge is 0.508 e. The van der Waals surface area contributed by atoms with Gasteiger partial charge in [0.1, 0.15) is 11.4 Å². The van der Waals surface area contributed by atoms with Gasteiger partial charge in [0.05, 0.1) is 4.92 Å². The summed E-state index contributed by atoms with van der Waals surface area (Å²) in [4.78, 5) is 19.2. The van der Waals surface area contributed by atoms with Crippen molar-refractivity contribution in [3.63, 3.8) is 0 Å². The zero-order valence-corrected chi connectivity index (χ0v) is 21.0. The lowest BCUT2D eigenvalue weighted by molar-refractivity contribution is -0.384. The molecule has 7 heteroatoms. The third-order valence-corrected chi connectivity index (χ3v) is 6.56. The molecule has 4 aromatic rings. The molecule has 0 unspecified atom stereocenters. The molecule has 36 heavy (non-hydrogen) atoms. The number of thioether (sulfide) groups is 1. The van der Waals surface area contributed by atoms with Gasteiger partial charge in [0.25, 0.3) is 5.69 Å². The van der Waals surface area contributed by atoms with Gasteiger partial charge in [-0.3, -0.25) is 10.1 Å². The van der Waals surface area contributed by atoms with E-state index < -0.39 is 4.92 Å². The maximum atomic E-state index is 11.7. The fraction of sp³-hybridized carbons (Fsp3) is 0.138. The second-order valence-electron chi connectivity index (χ2n) is 8.57. The van der Waals surface area contributed by atoms with Crippen LogP contribution in [0.15, 0.2) is 107 Å². The number of phenols is 1. The molecule has 1 N–H and O–H groups in total. The molecule has 0 aliphatic rings. The number of aliphatic imine (C=N–C) groups is 1. The Labute approximate surface area is 215 Å². The third-order valence-electron chi connectivity index (χ3n) is 5.54. The number of rotatable bonds is 7. The summed E-state index contributed by atoms with van der Waals surface area (Å²) < 4.78 is 0. The number of nitro groups is 1. The summed E-state index contributed by atoms with van der Waals surface area (Å²) in [5.41, 5.74) is 4.52. The SMILES string of the molecule is Cc1ccc(CN(Cc2cccc(O)c2)C(=Nc2ccccc2[N+](=O)[O-])Sc2cccc(C)c2)cc1. The standard InChI is InChI=1S/C29H27N3O3S/c1-21-13-15-23(16-14-21)19-31(20-24-8-6-9-25(33)18-24)29(36-26-10-5-7-22(2)17-26)30-27-11-3-4-12-28(27)32(34)35/h3-18,33H,19-20H2,1-2H3. The minimum atomic E-state index is -0.409. The molecule has 0 atom stereocenters. The predicted molar refractivity (Wildman–Crippen MR) is 146 cm³/mol. The van der Waals surface area contributed by atoms with E-state index in [1.807, 2.05) is 38.1 Å². The van der Waals surface area contributed by atoms with Crippen molar-refractivity contribution in [2.24, 2.45) is 4.99 Å². The van der Waals surface area contributed by atoms with Crippen LogP contribution in [0.4, 0.5) is 11.4 Å². The number of phenolic OH excluding ortho intramolecular Hbond substituents is 1. The Balaban J connectivity index is 1.82. The smallest absolute Gasteiger partial charge is 0.294 e. The molecule has 4 aromatic carbocycles. The molecule has 0 aliphatic carbocycles. The summed E-state index contributed by atoms with van der Waals surface area (Å²) in [5, 5.41) is 22.4. The Kier molecular flexibility index (Phi) is 8.02. The number of para-hydroxylation sites is 2. The van der Waals surface area contributed by atoms with E-state index in [-0.39, 0.29) is 11.4 Å². The van der Waals surface area contributed by atoms with E-state index in [1.165, 1.54) is 23.4 Å². The Bertz CT molecular complexity index is 1390. The van der Waals surface area contributed by atoms with Gasteiger partial charge in [-0.15, -0.1) is 0 Å². The van der Waals surface area contributed by atoms with Gasteiger partial charge in [-0.2, -0.15) is 0 Å². The lowest BCUT2D eigenvalue weighted by Crippen LogP contribution is -2.28. The Morgan fingerprint density at radius 1 is 0.861 bits per heavy atom. The first kappa shape index (κ1) is 25.0. The highest BCUT2D eigenvalue weighted by Gasteiger charge is 2.19. The second-order valence-corrected chi connectivity index (χ2v) is 9.61. The maximum Gasteiger partial charge on any atom is 0.294 e. The van der Waals surface area contributed by atoms with Crippen molar-refractivity contribution in [2.45, 2.75) is 31.8 Å². The summed E-state index contributed by atoms with van der Waals surface area (Å²) in [6.07, 6.45) is 0. The molecular weight excluding hydrogens is 470 g/mol. The molecule has 4 rings (SSSR count). The molecular formula is C29H27N3O3S. The first-order chi connectivity index (χ1) is 17.4. The average Bonchev–Trinajstić information content (AvgIpc) is 2.85. The fourth-order valence-electron chi connectivity index (χ4n) is 3.74. The fourth-order valence-corrected chi connectivity index (χ4v) is 4.74. The number of aromatic hydroxyl groups is 1. The van der Waals surface area contributed by atoms with Crippen LogP contribution in [-0.4, -0.2) is 20.1 Å². The Hall–Kier alpha value is -4.10. The van der Waals surface area contributed by atoms with Gasteiger partial charge in [0, 0.05) is 24.1 Å². The lowest BCUT2D eigenvalue weighted by Gasteiger charge is -2.26. The number of aryl methyl sites for hydroxylation is 2. The van der Waals surface area contributed by atoms with Crippen LogP contribution in [0.2, 0.25) is 0 Å². The Morgan fingerprint density at radius 3 is 2.31 bits per heavy atom.